The summed E-state index contributed by atoms with van der Waals surface area (Å²) >= 11 is 0. The maximum atomic E-state index is 12.0. The maximum Gasteiger partial charge on any atom is 0.335 e. The van der Waals surface area contributed by atoms with Crippen LogP contribution in [0.5, 0.6) is 0 Å². The minimum Gasteiger partial charge on any atom is -0.481 e. The average Bonchev–Trinajstić information content (AvgIpc) is 2.63. The van der Waals surface area contributed by atoms with Crippen molar-refractivity contribution in [2.24, 2.45) is 0 Å². The zero-order chi connectivity index (χ0) is 14.9. The lowest BCUT2D eigenvalue weighted by Crippen LogP contribution is -2.31. The van der Waals surface area contributed by atoms with E-state index in [2.05, 4.69) is 0 Å². The van der Waals surface area contributed by atoms with Gasteiger partial charge in [0.05, 0.1) is 16.7 Å². The van der Waals surface area contributed by atoms with E-state index in [1.54, 1.807) is 0 Å². The zero-order valence-electron chi connectivity index (χ0n) is 10.3. The Labute approximate surface area is 113 Å². The summed E-state index contributed by atoms with van der Waals surface area (Å²) in [7, 11) is 0. The largest absolute Gasteiger partial charge is 0.481 e. The molecule has 0 bridgehead atoms. The highest BCUT2D eigenvalue weighted by Crippen LogP contribution is 2.24. The highest BCUT2D eigenvalue weighted by atomic mass is 16.4. The van der Waals surface area contributed by atoms with Crippen LogP contribution >= 0.6 is 0 Å². The van der Waals surface area contributed by atoms with Gasteiger partial charge in [0, 0.05) is 13.0 Å². The number of hydrogen-bond donors (Lipinski definition) is 2. The van der Waals surface area contributed by atoms with E-state index in [0.29, 0.717) is 0 Å². The number of carboxylic acids is 2. The van der Waals surface area contributed by atoms with E-state index in [-0.39, 0.29) is 36.1 Å². The Kier molecular flexibility index (Phi) is 3.51. The zero-order valence-corrected chi connectivity index (χ0v) is 10.3. The first-order valence-corrected chi connectivity index (χ1v) is 5.87. The van der Waals surface area contributed by atoms with Crippen LogP contribution in [0.15, 0.2) is 18.2 Å². The summed E-state index contributed by atoms with van der Waals surface area (Å²) in [5.74, 6) is -3.29. The first-order valence-electron chi connectivity index (χ1n) is 5.87. The highest BCUT2D eigenvalue weighted by Gasteiger charge is 2.35. The average molecular weight is 277 g/mol. The molecule has 1 aliphatic rings. The van der Waals surface area contributed by atoms with E-state index >= 15 is 0 Å². The standard InChI is InChI=1S/C13H11NO6/c15-10(16)2-1-5-14-11(17)8-4-3-7(13(19)20)6-9(8)12(14)18/h3-4,6H,1-2,5H2,(H,15,16)(H,19,20). The van der Waals surface area contributed by atoms with Crippen LogP contribution in [0.2, 0.25) is 0 Å². The molecule has 0 aromatic heterocycles. The van der Waals surface area contributed by atoms with Gasteiger partial charge >= 0.3 is 11.9 Å². The van der Waals surface area contributed by atoms with Crippen molar-refractivity contribution in [3.05, 3.63) is 34.9 Å². The van der Waals surface area contributed by atoms with Gasteiger partial charge in [0.1, 0.15) is 0 Å². The molecule has 0 unspecified atom stereocenters. The molecule has 7 heteroatoms. The van der Waals surface area contributed by atoms with Crippen molar-refractivity contribution in [2.75, 3.05) is 6.54 Å². The summed E-state index contributed by atoms with van der Waals surface area (Å²) in [6, 6.07) is 3.72. The fourth-order valence-corrected chi connectivity index (χ4v) is 2.02. The second-order valence-corrected chi connectivity index (χ2v) is 4.32. The minimum absolute atomic E-state index is 0.00104. The van der Waals surface area contributed by atoms with Gasteiger partial charge in [-0.25, -0.2) is 4.79 Å². The molecular weight excluding hydrogens is 266 g/mol. The van der Waals surface area contributed by atoms with Crippen LogP contribution in [-0.2, 0) is 4.79 Å². The van der Waals surface area contributed by atoms with Crippen molar-refractivity contribution < 1.29 is 29.4 Å². The predicted octanol–water partition coefficient (Wildman–Crippen LogP) is 0.846. The molecule has 0 spiro atoms. The molecule has 1 aromatic rings. The summed E-state index contributed by atoms with van der Waals surface area (Å²) in [5.41, 5.74) is 0.123. The third-order valence-electron chi connectivity index (χ3n) is 2.99. The van der Waals surface area contributed by atoms with Gasteiger partial charge < -0.3 is 10.2 Å². The number of hydrogen-bond acceptors (Lipinski definition) is 4. The van der Waals surface area contributed by atoms with Gasteiger partial charge in [-0.2, -0.15) is 0 Å². The summed E-state index contributed by atoms with van der Waals surface area (Å²) in [6.07, 6.45) is 0.0143. The summed E-state index contributed by atoms with van der Waals surface area (Å²) in [6.45, 7) is 0.00104. The van der Waals surface area contributed by atoms with Crippen molar-refractivity contribution in [1.29, 1.82) is 0 Å². The topological polar surface area (TPSA) is 112 Å². The third kappa shape index (κ3) is 2.37. The monoisotopic (exact) mass is 277 g/mol. The van der Waals surface area contributed by atoms with E-state index in [9.17, 15) is 19.2 Å². The van der Waals surface area contributed by atoms with E-state index in [1.807, 2.05) is 0 Å². The van der Waals surface area contributed by atoms with Gasteiger partial charge in [0.15, 0.2) is 0 Å². The number of aromatic carboxylic acids is 1. The quantitative estimate of drug-likeness (QED) is 0.771. The molecular formula is C13H11NO6. The fourth-order valence-electron chi connectivity index (χ4n) is 2.02. The highest BCUT2D eigenvalue weighted by molar-refractivity contribution is 6.21. The lowest BCUT2D eigenvalue weighted by atomic mass is 10.1. The number of carbonyl (C=O) groups excluding carboxylic acids is 2. The van der Waals surface area contributed by atoms with E-state index < -0.39 is 23.8 Å². The molecule has 0 aliphatic carbocycles. The second-order valence-electron chi connectivity index (χ2n) is 4.32. The molecule has 0 atom stereocenters. The lowest BCUT2D eigenvalue weighted by Gasteiger charge is -2.12. The van der Waals surface area contributed by atoms with E-state index in [1.165, 1.54) is 12.1 Å². The number of fused-ring (bicyclic) bond motifs is 1. The van der Waals surface area contributed by atoms with Crippen molar-refractivity contribution >= 4 is 23.8 Å². The predicted molar refractivity (Wildman–Crippen MR) is 65.6 cm³/mol. The summed E-state index contributed by atoms with van der Waals surface area (Å²) in [5, 5.41) is 17.4. The van der Waals surface area contributed by atoms with Crippen molar-refractivity contribution in [1.82, 2.24) is 4.90 Å². The molecule has 0 saturated carbocycles. The Balaban J connectivity index is 2.21. The van der Waals surface area contributed by atoms with Crippen molar-refractivity contribution in [3.8, 4) is 0 Å². The number of benzene rings is 1. The summed E-state index contributed by atoms with van der Waals surface area (Å²) < 4.78 is 0. The molecule has 1 heterocycles. The van der Waals surface area contributed by atoms with Crippen LogP contribution in [0.4, 0.5) is 0 Å². The molecule has 2 N–H and O–H groups in total. The first kappa shape index (κ1) is 13.7. The molecule has 0 saturated heterocycles. The molecule has 1 aliphatic heterocycles. The molecule has 7 nitrogen and oxygen atoms in total. The van der Waals surface area contributed by atoms with Gasteiger partial charge in [0.25, 0.3) is 11.8 Å². The van der Waals surface area contributed by atoms with Crippen molar-refractivity contribution in [2.45, 2.75) is 12.8 Å². The minimum atomic E-state index is -1.18. The van der Waals surface area contributed by atoms with Crippen LogP contribution in [0.3, 0.4) is 0 Å². The number of imide groups is 1. The van der Waals surface area contributed by atoms with Crippen LogP contribution in [0.1, 0.15) is 43.9 Å². The van der Waals surface area contributed by atoms with E-state index in [0.717, 1.165) is 11.0 Å². The molecule has 2 amide bonds. The SMILES string of the molecule is O=C(O)CCCN1C(=O)c2ccc(C(=O)O)cc2C1=O. The maximum absolute atomic E-state index is 12.0. The molecule has 1 aromatic carbocycles. The van der Waals surface area contributed by atoms with Gasteiger partial charge in [-0.15, -0.1) is 0 Å². The van der Waals surface area contributed by atoms with Crippen LogP contribution < -0.4 is 0 Å². The van der Waals surface area contributed by atoms with Gasteiger partial charge in [-0.1, -0.05) is 0 Å². The third-order valence-corrected chi connectivity index (χ3v) is 2.99. The fraction of sp³-hybridized carbons (Fsp3) is 0.231. The van der Waals surface area contributed by atoms with E-state index in [4.69, 9.17) is 10.2 Å². The molecule has 2 rings (SSSR count). The Morgan fingerprint density at radius 2 is 1.70 bits per heavy atom. The number of nitrogens with zero attached hydrogens (tertiary/aromatic N) is 1. The van der Waals surface area contributed by atoms with Crippen LogP contribution in [0.25, 0.3) is 0 Å². The smallest absolute Gasteiger partial charge is 0.335 e. The number of rotatable bonds is 5. The van der Waals surface area contributed by atoms with Crippen LogP contribution in [-0.4, -0.2) is 45.4 Å². The number of carbonyl (C=O) groups is 4. The number of aliphatic carboxylic acids is 1. The normalized spacial score (nSPS) is 13.5. The van der Waals surface area contributed by atoms with Gasteiger partial charge in [0.2, 0.25) is 0 Å². The Morgan fingerprint density at radius 1 is 1.05 bits per heavy atom. The van der Waals surface area contributed by atoms with Gasteiger partial charge in [-0.05, 0) is 24.6 Å². The molecule has 0 fully saturated rings. The van der Waals surface area contributed by atoms with Crippen molar-refractivity contribution in [3.63, 3.8) is 0 Å². The first-order chi connectivity index (χ1) is 9.41. The Morgan fingerprint density at radius 3 is 2.30 bits per heavy atom. The second kappa shape index (κ2) is 5.12. The lowest BCUT2D eigenvalue weighted by molar-refractivity contribution is -0.137. The number of carboxylic acid groups (broad SMARTS) is 2. The molecule has 20 heavy (non-hydrogen) atoms. The molecule has 0 radical (unpaired) electrons. The summed E-state index contributed by atoms with van der Waals surface area (Å²) in [4.78, 5) is 46.2. The van der Waals surface area contributed by atoms with Gasteiger partial charge in [-0.3, -0.25) is 19.3 Å². The Bertz CT molecular complexity index is 621. The van der Waals surface area contributed by atoms with Crippen LogP contribution in [0, 0.1) is 0 Å². The molecule has 104 valence electrons. The number of amides is 2. The Hall–Kier alpha value is -2.70.